The van der Waals surface area contributed by atoms with Crippen LogP contribution in [0.5, 0.6) is 11.5 Å². The monoisotopic (exact) mass is 313 g/mol. The van der Waals surface area contributed by atoms with Gasteiger partial charge in [0.05, 0.1) is 7.11 Å². The van der Waals surface area contributed by atoms with Crippen molar-refractivity contribution in [3.63, 3.8) is 0 Å². The zero-order valence-corrected chi connectivity index (χ0v) is 14.1. The fourth-order valence-electron chi connectivity index (χ4n) is 2.35. The van der Waals surface area contributed by atoms with Crippen molar-refractivity contribution in [1.29, 1.82) is 0 Å². The lowest BCUT2D eigenvalue weighted by Gasteiger charge is -2.23. The molecule has 2 aromatic carbocycles. The van der Waals surface area contributed by atoms with Crippen LogP contribution in [0.25, 0.3) is 0 Å². The largest absolute Gasteiger partial charge is 0.496 e. The Kier molecular flexibility index (Phi) is 5.63. The Morgan fingerprint density at radius 2 is 1.78 bits per heavy atom. The lowest BCUT2D eigenvalue weighted by atomic mass is 10.2. The van der Waals surface area contributed by atoms with Gasteiger partial charge < -0.3 is 14.4 Å². The summed E-state index contributed by atoms with van der Waals surface area (Å²) in [4.78, 5) is 14.1. The van der Waals surface area contributed by atoms with E-state index in [1.165, 1.54) is 0 Å². The van der Waals surface area contributed by atoms with Gasteiger partial charge in [-0.2, -0.15) is 0 Å². The number of amides is 1. The molecule has 0 saturated carbocycles. The molecule has 1 unspecified atom stereocenters. The van der Waals surface area contributed by atoms with Crippen molar-refractivity contribution in [3.05, 3.63) is 59.7 Å². The summed E-state index contributed by atoms with van der Waals surface area (Å²) in [5.74, 6) is 1.40. The number of para-hydroxylation sites is 1. The molecule has 1 amide bonds. The normalized spacial score (nSPS) is 11.7. The molecule has 0 radical (unpaired) electrons. The van der Waals surface area contributed by atoms with E-state index in [2.05, 4.69) is 0 Å². The molecule has 2 aromatic rings. The minimum Gasteiger partial charge on any atom is -0.496 e. The van der Waals surface area contributed by atoms with E-state index in [0.29, 0.717) is 12.3 Å². The molecule has 23 heavy (non-hydrogen) atoms. The summed E-state index contributed by atoms with van der Waals surface area (Å²) in [5.41, 5.74) is 2.12. The van der Waals surface area contributed by atoms with E-state index in [0.717, 1.165) is 16.9 Å². The van der Waals surface area contributed by atoms with E-state index in [-0.39, 0.29) is 5.91 Å². The van der Waals surface area contributed by atoms with Crippen LogP contribution in [0, 0.1) is 6.92 Å². The number of aryl methyl sites for hydroxylation is 1. The highest BCUT2D eigenvalue weighted by molar-refractivity contribution is 5.80. The Labute approximate surface area is 137 Å². The van der Waals surface area contributed by atoms with E-state index in [1.54, 1.807) is 26.0 Å². The molecule has 2 rings (SSSR count). The standard InChI is InChI=1S/C19H23NO3/c1-14-9-11-17(12-10-14)23-15(2)19(21)20(3)13-16-7-5-6-8-18(16)22-4/h5-12,15H,13H2,1-4H3. The SMILES string of the molecule is COc1ccccc1CN(C)C(=O)C(C)Oc1ccc(C)cc1. The molecule has 1 atom stereocenters. The van der Waals surface area contributed by atoms with Gasteiger partial charge >= 0.3 is 0 Å². The fourth-order valence-corrected chi connectivity index (χ4v) is 2.35. The highest BCUT2D eigenvalue weighted by atomic mass is 16.5. The summed E-state index contributed by atoms with van der Waals surface area (Å²) < 4.78 is 11.0. The fraction of sp³-hybridized carbons (Fsp3) is 0.316. The zero-order valence-electron chi connectivity index (χ0n) is 14.1. The summed E-state index contributed by atoms with van der Waals surface area (Å²) in [5, 5.41) is 0. The summed E-state index contributed by atoms with van der Waals surface area (Å²) >= 11 is 0. The molecule has 0 saturated heterocycles. The minimum atomic E-state index is -0.544. The first-order valence-electron chi connectivity index (χ1n) is 7.61. The summed E-state index contributed by atoms with van der Waals surface area (Å²) in [6.45, 7) is 4.25. The molecule has 4 heteroatoms. The van der Waals surface area contributed by atoms with E-state index >= 15 is 0 Å². The Morgan fingerprint density at radius 3 is 2.43 bits per heavy atom. The van der Waals surface area contributed by atoms with Crippen LogP contribution in [0.4, 0.5) is 0 Å². The van der Waals surface area contributed by atoms with Crippen LogP contribution < -0.4 is 9.47 Å². The molecule has 0 bridgehead atoms. The van der Waals surface area contributed by atoms with Gasteiger partial charge in [0.1, 0.15) is 11.5 Å². The molecule has 122 valence electrons. The maximum atomic E-state index is 12.5. The topological polar surface area (TPSA) is 38.8 Å². The predicted molar refractivity (Wildman–Crippen MR) is 90.7 cm³/mol. The van der Waals surface area contributed by atoms with Gasteiger partial charge in [0.2, 0.25) is 0 Å². The Morgan fingerprint density at radius 1 is 1.13 bits per heavy atom. The number of ether oxygens (including phenoxy) is 2. The van der Waals surface area contributed by atoms with Gasteiger partial charge in [0.15, 0.2) is 6.10 Å². The third-order valence-electron chi connectivity index (χ3n) is 3.66. The van der Waals surface area contributed by atoms with E-state index in [9.17, 15) is 4.79 Å². The summed E-state index contributed by atoms with van der Waals surface area (Å²) in [6.07, 6.45) is -0.544. The van der Waals surface area contributed by atoms with Crippen molar-refractivity contribution >= 4 is 5.91 Å². The maximum Gasteiger partial charge on any atom is 0.263 e. The number of carbonyl (C=O) groups is 1. The first-order chi connectivity index (χ1) is 11.0. The van der Waals surface area contributed by atoms with Crippen LogP contribution in [0.15, 0.2) is 48.5 Å². The molecule has 0 aromatic heterocycles. The molecule has 0 N–H and O–H groups in total. The second-order valence-electron chi connectivity index (χ2n) is 5.58. The quantitative estimate of drug-likeness (QED) is 0.820. The number of benzene rings is 2. The second kappa shape index (κ2) is 7.68. The number of methoxy groups -OCH3 is 1. The molecule has 0 heterocycles. The van der Waals surface area contributed by atoms with E-state index in [4.69, 9.17) is 9.47 Å². The van der Waals surface area contributed by atoms with Crippen LogP contribution in [0.3, 0.4) is 0 Å². The van der Waals surface area contributed by atoms with Crippen molar-refractivity contribution < 1.29 is 14.3 Å². The van der Waals surface area contributed by atoms with Crippen LogP contribution in [-0.2, 0) is 11.3 Å². The third-order valence-corrected chi connectivity index (χ3v) is 3.66. The van der Waals surface area contributed by atoms with Crippen molar-refractivity contribution in [1.82, 2.24) is 4.90 Å². The molecular weight excluding hydrogens is 290 g/mol. The summed E-state index contributed by atoms with van der Waals surface area (Å²) in [6, 6.07) is 15.4. The molecule has 0 aliphatic rings. The lowest BCUT2D eigenvalue weighted by molar-refractivity contribution is -0.137. The number of rotatable bonds is 6. The van der Waals surface area contributed by atoms with Gasteiger partial charge in [0.25, 0.3) is 5.91 Å². The van der Waals surface area contributed by atoms with Crippen LogP contribution in [-0.4, -0.2) is 31.1 Å². The van der Waals surface area contributed by atoms with Crippen molar-refractivity contribution in [2.24, 2.45) is 0 Å². The molecule has 0 fully saturated rings. The predicted octanol–water partition coefficient (Wildman–Crippen LogP) is 3.43. The smallest absolute Gasteiger partial charge is 0.263 e. The molecule has 0 aliphatic carbocycles. The third kappa shape index (κ3) is 4.49. The van der Waals surface area contributed by atoms with E-state index in [1.807, 2.05) is 55.5 Å². The summed E-state index contributed by atoms with van der Waals surface area (Å²) in [7, 11) is 3.40. The van der Waals surface area contributed by atoms with Crippen molar-refractivity contribution in [3.8, 4) is 11.5 Å². The van der Waals surface area contributed by atoms with Gasteiger partial charge in [-0.05, 0) is 32.0 Å². The number of hydrogen-bond acceptors (Lipinski definition) is 3. The number of hydrogen-bond donors (Lipinski definition) is 0. The Hall–Kier alpha value is -2.49. The van der Waals surface area contributed by atoms with Crippen LogP contribution in [0.1, 0.15) is 18.1 Å². The van der Waals surface area contributed by atoms with Gasteiger partial charge in [-0.25, -0.2) is 0 Å². The Bertz CT molecular complexity index is 652. The second-order valence-corrected chi connectivity index (χ2v) is 5.58. The highest BCUT2D eigenvalue weighted by Crippen LogP contribution is 2.20. The van der Waals surface area contributed by atoms with Gasteiger partial charge in [-0.1, -0.05) is 35.9 Å². The number of nitrogens with zero attached hydrogens (tertiary/aromatic N) is 1. The van der Waals surface area contributed by atoms with Crippen molar-refractivity contribution in [2.75, 3.05) is 14.2 Å². The van der Waals surface area contributed by atoms with Gasteiger partial charge in [-0.3, -0.25) is 4.79 Å². The van der Waals surface area contributed by atoms with Crippen LogP contribution in [0.2, 0.25) is 0 Å². The number of carbonyl (C=O) groups excluding carboxylic acids is 1. The van der Waals surface area contributed by atoms with E-state index < -0.39 is 6.10 Å². The van der Waals surface area contributed by atoms with Crippen molar-refractivity contribution in [2.45, 2.75) is 26.5 Å². The Balaban J connectivity index is 1.99. The first kappa shape index (κ1) is 16.9. The maximum absolute atomic E-state index is 12.5. The molecular formula is C19H23NO3. The van der Waals surface area contributed by atoms with Gasteiger partial charge in [-0.15, -0.1) is 0 Å². The highest BCUT2D eigenvalue weighted by Gasteiger charge is 2.20. The first-order valence-corrected chi connectivity index (χ1v) is 7.61. The zero-order chi connectivity index (χ0) is 16.8. The van der Waals surface area contributed by atoms with Crippen LogP contribution >= 0.6 is 0 Å². The minimum absolute atomic E-state index is 0.0727. The molecule has 0 aliphatic heterocycles. The average Bonchev–Trinajstić information content (AvgIpc) is 2.56. The number of likely N-dealkylation sites (N-methyl/N-ethyl adjacent to an activating group) is 1. The molecule has 4 nitrogen and oxygen atoms in total. The molecule has 0 spiro atoms. The average molecular weight is 313 g/mol. The lowest BCUT2D eigenvalue weighted by Crippen LogP contribution is -2.37. The van der Waals surface area contributed by atoms with Gasteiger partial charge in [0, 0.05) is 19.2 Å².